The fourth-order valence-corrected chi connectivity index (χ4v) is 8.77. The number of nitrogens with one attached hydrogen (secondary N) is 4. The Hall–Kier alpha value is -4.70. The van der Waals surface area contributed by atoms with Crippen LogP contribution in [0.15, 0.2) is 85.1 Å². The normalized spacial score (nSPS) is 40.7. The number of carbonyl (C=O) groups excluding carboxylic acids is 4. The summed E-state index contributed by atoms with van der Waals surface area (Å²) in [5.74, 6) is -7.03. The molecule has 0 radical (unpaired) electrons. The Labute approximate surface area is 438 Å². The van der Waals surface area contributed by atoms with Crippen LogP contribution in [0.2, 0.25) is 0 Å². The van der Waals surface area contributed by atoms with E-state index in [9.17, 15) is 70.2 Å². The zero-order valence-electron chi connectivity index (χ0n) is 43.5. The highest BCUT2D eigenvalue weighted by Gasteiger charge is 2.51. The number of fused-ring (bicyclic) bond motifs is 2. The van der Waals surface area contributed by atoms with E-state index in [4.69, 9.17) is 18.9 Å². The molecule has 0 saturated carbocycles. The molecule has 0 spiro atoms. The van der Waals surface area contributed by atoms with Crippen LogP contribution in [-0.2, 0) is 38.1 Å². The molecule has 23 heteroatoms. The molecule has 0 aromatic carbocycles. The molecule has 3 heterocycles. The molecule has 3 rings (SSSR count). The van der Waals surface area contributed by atoms with Gasteiger partial charge in [-0.05, 0) is 40.2 Å². The smallest absolute Gasteiger partial charge is 0.425 e. The maximum Gasteiger partial charge on any atom is 0.425 e. The van der Waals surface area contributed by atoms with Crippen molar-refractivity contribution in [3.8, 4) is 0 Å². The minimum absolute atomic E-state index is 0.137. The van der Waals surface area contributed by atoms with E-state index in [2.05, 4.69) is 20.8 Å². The van der Waals surface area contributed by atoms with Crippen molar-refractivity contribution >= 4 is 23.9 Å². The largest absolute Gasteiger partial charge is 0.462 e. The van der Waals surface area contributed by atoms with Gasteiger partial charge in [-0.1, -0.05) is 98.9 Å². The van der Waals surface area contributed by atoms with E-state index < -0.39 is 165 Å². The van der Waals surface area contributed by atoms with Gasteiger partial charge >= 0.3 is 12.1 Å². The predicted molar refractivity (Wildman–Crippen MR) is 271 cm³/mol. The highest BCUT2D eigenvalue weighted by Crippen LogP contribution is 2.38. The third-order valence-corrected chi connectivity index (χ3v) is 13.1. The van der Waals surface area contributed by atoms with Gasteiger partial charge in [0.2, 0.25) is 11.8 Å². The zero-order valence-corrected chi connectivity index (χ0v) is 43.5. The molecule has 19 atom stereocenters. The summed E-state index contributed by atoms with van der Waals surface area (Å²) in [6, 6.07) is -1.27. The van der Waals surface area contributed by atoms with Gasteiger partial charge in [-0.15, -0.1) is 0 Å². The Morgan fingerprint density at radius 3 is 1.88 bits per heavy atom. The molecule has 3 aliphatic heterocycles. The van der Waals surface area contributed by atoms with E-state index in [0.717, 1.165) is 7.11 Å². The van der Waals surface area contributed by atoms with Crippen molar-refractivity contribution in [3.63, 3.8) is 0 Å². The van der Waals surface area contributed by atoms with Crippen molar-refractivity contribution in [1.29, 1.82) is 0 Å². The van der Waals surface area contributed by atoms with E-state index in [0.29, 0.717) is 0 Å². The topological polar surface area (TPSA) is 365 Å². The summed E-state index contributed by atoms with van der Waals surface area (Å²) in [5.41, 5.74) is 4.16. The van der Waals surface area contributed by atoms with Crippen LogP contribution < -0.4 is 21.5 Å². The fourth-order valence-electron chi connectivity index (χ4n) is 8.77. The van der Waals surface area contributed by atoms with Crippen LogP contribution in [0.4, 0.5) is 4.79 Å². The number of aliphatic hydroxyl groups excluding tert-OH is 9. The van der Waals surface area contributed by atoms with Crippen molar-refractivity contribution in [2.45, 2.75) is 177 Å². The van der Waals surface area contributed by atoms with Crippen molar-refractivity contribution in [1.82, 2.24) is 21.5 Å². The molecule has 75 heavy (non-hydrogen) atoms. The van der Waals surface area contributed by atoms with Crippen molar-refractivity contribution in [2.75, 3.05) is 20.7 Å². The molecule has 0 aromatic rings. The van der Waals surface area contributed by atoms with Crippen LogP contribution in [0.25, 0.3) is 0 Å². The van der Waals surface area contributed by atoms with E-state index >= 15 is 0 Å². The average Bonchev–Trinajstić information content (AvgIpc) is 3.33. The molecule has 2 fully saturated rings. The molecule has 424 valence electrons. The van der Waals surface area contributed by atoms with Gasteiger partial charge in [0, 0.05) is 37.5 Å². The maximum absolute atomic E-state index is 13.7. The summed E-state index contributed by atoms with van der Waals surface area (Å²) in [6.45, 7) is 6.54. The van der Waals surface area contributed by atoms with Gasteiger partial charge in [0.15, 0.2) is 12.1 Å². The number of ether oxygens (including phenoxy) is 5. The predicted octanol–water partition coefficient (Wildman–Crippen LogP) is -0.609. The molecule has 14 N–H and O–H groups in total. The van der Waals surface area contributed by atoms with Crippen LogP contribution in [0.5, 0.6) is 0 Å². The molecule has 2 bridgehead atoms. The summed E-state index contributed by atoms with van der Waals surface area (Å²) in [4.78, 5) is 50.9. The molecule has 0 aliphatic carbocycles. The number of methoxy groups -OCH3 is 1. The van der Waals surface area contributed by atoms with Gasteiger partial charge in [-0.3, -0.25) is 19.8 Å². The number of hydrazine groups is 1. The Balaban J connectivity index is 1.99. The first-order valence-electron chi connectivity index (χ1n) is 25.3. The van der Waals surface area contributed by atoms with Gasteiger partial charge in [-0.25, -0.2) is 10.2 Å². The first kappa shape index (κ1) is 64.6. The lowest BCUT2D eigenvalue weighted by molar-refractivity contribution is -0.307. The zero-order chi connectivity index (χ0) is 55.8. The molecule has 23 nitrogen and oxygen atoms in total. The number of carbonyl (C=O) groups is 4. The van der Waals surface area contributed by atoms with Gasteiger partial charge in [-0.2, -0.15) is 0 Å². The maximum atomic E-state index is 13.7. The first-order chi connectivity index (χ1) is 35.5. The number of likely N-dealkylation sites (N-methyl/N-ethyl adjacent to an activating group) is 1. The van der Waals surface area contributed by atoms with E-state index in [1.54, 1.807) is 86.8 Å². The van der Waals surface area contributed by atoms with Crippen LogP contribution in [0.3, 0.4) is 0 Å². The Morgan fingerprint density at radius 2 is 1.28 bits per heavy atom. The second-order valence-corrected chi connectivity index (χ2v) is 19.4. The SMILES string of the molecule is CNCC(=O)N[C@@H]1[C@H](O)[C@H](O[C@H]2/C=C/C=C\C=C/C=C\C=C/C=C\C=C/[C@H](C)[C@@H](O)[C@@H](C)[C@H](C)OC(=O)C[C@H](O)C[C@H](O)CC[C@@H](O)[C@H](O)C[C@H](O)C[C@]3(O)C[C@H](O)[C@@H](C(=O)NNC(=O)OC)[C@H](C2)O3)O[C@H](C)[C@H]1O. The van der Waals surface area contributed by atoms with Gasteiger partial charge in [0.05, 0.1) is 93.1 Å². The number of allylic oxidation sites excluding steroid dienone is 12. The van der Waals surface area contributed by atoms with Gasteiger partial charge in [0.25, 0.3) is 0 Å². The highest BCUT2D eigenvalue weighted by atomic mass is 16.7. The molecule has 3 amide bonds. The highest BCUT2D eigenvalue weighted by molar-refractivity contribution is 5.82. The van der Waals surface area contributed by atoms with Crippen LogP contribution in [-0.4, -0.2) is 193 Å². The van der Waals surface area contributed by atoms with Crippen LogP contribution in [0, 0.1) is 17.8 Å². The molecular formula is C52H82N4O19. The summed E-state index contributed by atoms with van der Waals surface area (Å²) < 4.78 is 28.3. The van der Waals surface area contributed by atoms with E-state index in [-0.39, 0.29) is 31.7 Å². The average molecular weight is 1070 g/mol. The minimum Gasteiger partial charge on any atom is -0.462 e. The molecule has 3 aliphatic rings. The van der Waals surface area contributed by atoms with Crippen molar-refractivity contribution in [3.05, 3.63) is 85.1 Å². The molecule has 0 unspecified atom stereocenters. The number of hydrogen-bond acceptors (Lipinski definition) is 20. The molecule has 0 aromatic heterocycles. The minimum atomic E-state index is -2.41. The van der Waals surface area contributed by atoms with Crippen LogP contribution in [0.1, 0.15) is 79.1 Å². The van der Waals surface area contributed by atoms with E-state index in [1.807, 2.05) is 18.4 Å². The Bertz CT molecular complexity index is 1980. The number of hydrogen-bond donors (Lipinski definition) is 14. The Kier molecular flexibility index (Phi) is 28.2. The number of amides is 3. The van der Waals surface area contributed by atoms with Crippen LogP contribution >= 0.6 is 0 Å². The number of rotatable bonds is 6. The van der Waals surface area contributed by atoms with Gasteiger partial charge < -0.3 is 85.4 Å². The monoisotopic (exact) mass is 1070 g/mol. The Morgan fingerprint density at radius 1 is 0.680 bits per heavy atom. The standard InChI is InChI=1S/C52H82N4O19/c1-30-19-17-15-13-11-9-7-8-10-12-14-16-18-20-37(74-50-48(67)45(47(66)33(4)73-50)54-42(63)29-53-5)26-41-44(49(68)55-56-51(69)71-6)40(62)28-52(70,75-41)27-36(59)24-39(61)38(60)22-21-34(57)23-35(58)25-43(64)72-32(3)31(2)46(30)65/h7-20,30-41,44-48,50,53,57-62,65-67,70H,21-29H2,1-6H3,(H,54,63)(H,55,68)(H,56,69)/b8-7-,11-9-,12-10-,15-13-,16-14-,19-17-,20-18+/t30-,31-,32-,33+,34+,35+,36-,37-,38+,39+,40-,41-,44+,45-,46+,47+,48-,50-,52+/m0/s1. The number of cyclic esters (lactones) is 1. The summed E-state index contributed by atoms with van der Waals surface area (Å²) in [7, 11) is 2.58. The molecule has 2 saturated heterocycles. The lowest BCUT2D eigenvalue weighted by Crippen LogP contribution is -2.64. The van der Waals surface area contributed by atoms with E-state index in [1.165, 1.54) is 20.0 Å². The first-order valence-corrected chi connectivity index (χ1v) is 25.3. The number of esters is 1. The third-order valence-electron chi connectivity index (χ3n) is 13.1. The summed E-state index contributed by atoms with van der Waals surface area (Å²) in [6.07, 6.45) is 0.761. The fraction of sp³-hybridized carbons (Fsp3) is 0.654. The third kappa shape index (κ3) is 22.4. The quantitative estimate of drug-likeness (QED) is 0.117. The van der Waals surface area contributed by atoms with Gasteiger partial charge in [0.1, 0.15) is 18.3 Å². The molecular weight excluding hydrogens is 985 g/mol. The lowest BCUT2D eigenvalue weighted by atomic mass is 9.82. The lowest BCUT2D eigenvalue weighted by Gasteiger charge is -2.46. The number of aliphatic hydroxyl groups is 10. The van der Waals surface area contributed by atoms with Crippen molar-refractivity contribution in [2.24, 2.45) is 17.8 Å². The second kappa shape index (κ2) is 32.8. The van der Waals surface area contributed by atoms with Crippen molar-refractivity contribution < 1.29 is 93.9 Å². The summed E-state index contributed by atoms with van der Waals surface area (Å²) in [5, 5.41) is 116. The second-order valence-electron chi connectivity index (χ2n) is 19.4. The summed E-state index contributed by atoms with van der Waals surface area (Å²) >= 11 is 0.